The number of hydrogen-bond acceptors (Lipinski definition) is 2. The van der Waals surface area contributed by atoms with Crippen LogP contribution in [0.1, 0.15) is 37.7 Å². The predicted molar refractivity (Wildman–Crippen MR) is 80.7 cm³/mol. The van der Waals surface area contributed by atoms with Crippen LogP contribution in [0.2, 0.25) is 0 Å². The molecule has 0 aliphatic carbocycles. The Labute approximate surface area is 121 Å². The van der Waals surface area contributed by atoms with Crippen molar-refractivity contribution >= 4 is 5.91 Å². The number of piperidine rings is 1. The summed E-state index contributed by atoms with van der Waals surface area (Å²) in [7, 11) is 1.75. The number of benzene rings is 1. The summed E-state index contributed by atoms with van der Waals surface area (Å²) < 4.78 is 5.13. The van der Waals surface area contributed by atoms with Gasteiger partial charge in [-0.2, -0.15) is 0 Å². The van der Waals surface area contributed by atoms with Crippen LogP contribution in [0.4, 0.5) is 0 Å². The number of methoxy groups -OCH3 is 1. The standard InChI is InChI=1S/C17H25NO2/c1-14(16-6-4-3-5-7-16)17(19)18-11-8-15(9-12-18)10-13-20-2/h3-7,14-15H,8-13H2,1-2H3/t14-/m0/s1. The van der Waals surface area contributed by atoms with Gasteiger partial charge in [0.1, 0.15) is 0 Å². The first kappa shape index (κ1) is 15.0. The minimum Gasteiger partial charge on any atom is -0.385 e. The zero-order valence-corrected chi connectivity index (χ0v) is 12.5. The number of nitrogens with zero attached hydrogens (tertiary/aromatic N) is 1. The number of likely N-dealkylation sites (tertiary alicyclic amines) is 1. The van der Waals surface area contributed by atoms with Crippen LogP contribution in [0.15, 0.2) is 30.3 Å². The molecule has 0 bridgehead atoms. The Morgan fingerprint density at radius 3 is 2.55 bits per heavy atom. The van der Waals surface area contributed by atoms with E-state index >= 15 is 0 Å². The fourth-order valence-corrected chi connectivity index (χ4v) is 2.88. The van der Waals surface area contributed by atoms with E-state index in [1.165, 1.54) is 0 Å². The maximum atomic E-state index is 12.5. The topological polar surface area (TPSA) is 29.5 Å². The number of amides is 1. The molecule has 3 heteroatoms. The van der Waals surface area contributed by atoms with Crippen LogP contribution in [0.25, 0.3) is 0 Å². The molecule has 0 aromatic heterocycles. The average Bonchev–Trinajstić information content (AvgIpc) is 2.53. The van der Waals surface area contributed by atoms with Crippen molar-refractivity contribution in [3.63, 3.8) is 0 Å². The molecule has 1 aliphatic rings. The molecule has 110 valence electrons. The van der Waals surface area contributed by atoms with Crippen LogP contribution in [-0.4, -0.2) is 37.6 Å². The zero-order chi connectivity index (χ0) is 14.4. The summed E-state index contributed by atoms with van der Waals surface area (Å²) in [6, 6.07) is 10.1. The minimum absolute atomic E-state index is 0.0354. The summed E-state index contributed by atoms with van der Waals surface area (Å²) in [5.74, 6) is 0.944. The summed E-state index contributed by atoms with van der Waals surface area (Å²) >= 11 is 0. The number of hydrogen-bond donors (Lipinski definition) is 0. The van der Waals surface area contributed by atoms with Crippen LogP contribution in [0.5, 0.6) is 0 Å². The molecule has 20 heavy (non-hydrogen) atoms. The van der Waals surface area contributed by atoms with Gasteiger partial charge in [-0.3, -0.25) is 4.79 Å². The molecule has 0 N–H and O–H groups in total. The van der Waals surface area contributed by atoms with Crippen molar-refractivity contribution in [2.24, 2.45) is 5.92 Å². The molecule has 0 unspecified atom stereocenters. The van der Waals surface area contributed by atoms with Gasteiger partial charge in [0.15, 0.2) is 0 Å². The van der Waals surface area contributed by atoms with Crippen molar-refractivity contribution in [1.82, 2.24) is 4.90 Å². The summed E-state index contributed by atoms with van der Waals surface area (Å²) in [5, 5.41) is 0. The van der Waals surface area contributed by atoms with Gasteiger partial charge >= 0.3 is 0 Å². The third-order valence-electron chi connectivity index (χ3n) is 4.33. The average molecular weight is 275 g/mol. The predicted octanol–water partition coefficient (Wildman–Crippen LogP) is 3.07. The Bertz CT molecular complexity index is 410. The van der Waals surface area contributed by atoms with Gasteiger partial charge in [-0.1, -0.05) is 30.3 Å². The van der Waals surface area contributed by atoms with E-state index in [-0.39, 0.29) is 11.8 Å². The first-order valence-corrected chi connectivity index (χ1v) is 7.55. The van der Waals surface area contributed by atoms with E-state index in [9.17, 15) is 4.79 Å². The number of rotatable bonds is 5. The Hall–Kier alpha value is -1.35. The second-order valence-corrected chi connectivity index (χ2v) is 5.68. The quantitative estimate of drug-likeness (QED) is 0.826. The number of carbonyl (C=O) groups excluding carboxylic acids is 1. The second-order valence-electron chi connectivity index (χ2n) is 5.68. The second kappa shape index (κ2) is 7.44. The SMILES string of the molecule is COCCC1CCN(C(=O)[C@@H](C)c2ccccc2)CC1. The largest absolute Gasteiger partial charge is 0.385 e. The number of carbonyl (C=O) groups is 1. The van der Waals surface area contributed by atoms with Gasteiger partial charge in [-0.05, 0) is 37.7 Å². The molecular formula is C17H25NO2. The highest BCUT2D eigenvalue weighted by molar-refractivity contribution is 5.83. The molecule has 0 saturated carbocycles. The fraction of sp³-hybridized carbons (Fsp3) is 0.588. The monoisotopic (exact) mass is 275 g/mol. The van der Waals surface area contributed by atoms with Gasteiger partial charge in [0.25, 0.3) is 0 Å². The highest BCUT2D eigenvalue weighted by Gasteiger charge is 2.26. The molecule has 3 nitrogen and oxygen atoms in total. The maximum absolute atomic E-state index is 12.5. The lowest BCUT2D eigenvalue weighted by molar-refractivity contribution is -0.133. The van der Waals surface area contributed by atoms with Crippen molar-refractivity contribution in [2.75, 3.05) is 26.8 Å². The van der Waals surface area contributed by atoms with E-state index in [0.29, 0.717) is 5.92 Å². The van der Waals surface area contributed by atoms with Crippen LogP contribution in [0, 0.1) is 5.92 Å². The van der Waals surface area contributed by atoms with Crippen LogP contribution in [-0.2, 0) is 9.53 Å². The van der Waals surface area contributed by atoms with Gasteiger partial charge in [-0.25, -0.2) is 0 Å². The molecule has 1 atom stereocenters. The lowest BCUT2D eigenvalue weighted by Gasteiger charge is -2.33. The molecule has 2 rings (SSSR count). The van der Waals surface area contributed by atoms with E-state index in [2.05, 4.69) is 0 Å². The third-order valence-corrected chi connectivity index (χ3v) is 4.33. The lowest BCUT2D eigenvalue weighted by atomic mass is 9.92. The molecular weight excluding hydrogens is 250 g/mol. The van der Waals surface area contributed by atoms with E-state index in [4.69, 9.17) is 4.74 Å². The van der Waals surface area contributed by atoms with Gasteiger partial charge in [0.2, 0.25) is 5.91 Å². The van der Waals surface area contributed by atoms with Crippen LogP contribution < -0.4 is 0 Å². The molecule has 1 fully saturated rings. The first-order valence-electron chi connectivity index (χ1n) is 7.55. The molecule has 1 aliphatic heterocycles. The minimum atomic E-state index is -0.0354. The third kappa shape index (κ3) is 3.83. The smallest absolute Gasteiger partial charge is 0.229 e. The van der Waals surface area contributed by atoms with Crippen molar-refractivity contribution in [1.29, 1.82) is 0 Å². The van der Waals surface area contributed by atoms with E-state index in [1.807, 2.05) is 42.2 Å². The normalized spacial score (nSPS) is 18.0. The highest BCUT2D eigenvalue weighted by Crippen LogP contribution is 2.24. The van der Waals surface area contributed by atoms with Crippen molar-refractivity contribution in [2.45, 2.75) is 32.1 Å². The van der Waals surface area contributed by atoms with E-state index in [1.54, 1.807) is 7.11 Å². The molecule has 1 saturated heterocycles. The van der Waals surface area contributed by atoms with Crippen molar-refractivity contribution in [3.8, 4) is 0 Å². The number of ether oxygens (including phenoxy) is 1. The van der Waals surface area contributed by atoms with E-state index in [0.717, 1.165) is 44.5 Å². The summed E-state index contributed by atoms with van der Waals surface area (Å²) in [4.78, 5) is 14.5. The van der Waals surface area contributed by atoms with Gasteiger partial charge in [0, 0.05) is 26.8 Å². The Morgan fingerprint density at radius 1 is 1.30 bits per heavy atom. The summed E-state index contributed by atoms with van der Waals surface area (Å²) in [6.45, 7) is 4.63. The molecule has 1 aromatic carbocycles. The maximum Gasteiger partial charge on any atom is 0.229 e. The highest BCUT2D eigenvalue weighted by atomic mass is 16.5. The zero-order valence-electron chi connectivity index (χ0n) is 12.5. The molecule has 1 aromatic rings. The molecule has 1 heterocycles. The van der Waals surface area contributed by atoms with Gasteiger partial charge in [0.05, 0.1) is 5.92 Å². The Morgan fingerprint density at radius 2 is 1.95 bits per heavy atom. The lowest BCUT2D eigenvalue weighted by Crippen LogP contribution is -2.40. The van der Waals surface area contributed by atoms with Crippen LogP contribution in [0.3, 0.4) is 0 Å². The molecule has 1 amide bonds. The first-order chi connectivity index (χ1) is 9.72. The summed E-state index contributed by atoms with van der Waals surface area (Å²) in [5.41, 5.74) is 1.11. The van der Waals surface area contributed by atoms with E-state index < -0.39 is 0 Å². The fourth-order valence-electron chi connectivity index (χ4n) is 2.88. The summed E-state index contributed by atoms with van der Waals surface area (Å²) in [6.07, 6.45) is 3.33. The molecule has 0 radical (unpaired) electrons. The van der Waals surface area contributed by atoms with Gasteiger partial charge in [-0.15, -0.1) is 0 Å². The van der Waals surface area contributed by atoms with Crippen molar-refractivity contribution in [3.05, 3.63) is 35.9 Å². The molecule has 0 spiro atoms. The Kier molecular flexibility index (Phi) is 5.60. The van der Waals surface area contributed by atoms with Crippen molar-refractivity contribution < 1.29 is 9.53 Å². The Balaban J connectivity index is 1.85. The van der Waals surface area contributed by atoms with Gasteiger partial charge < -0.3 is 9.64 Å². The van der Waals surface area contributed by atoms with Crippen LogP contribution >= 0.6 is 0 Å².